The van der Waals surface area contributed by atoms with Crippen LogP contribution in [-0.2, 0) is 6.18 Å². The van der Waals surface area contributed by atoms with Gasteiger partial charge in [-0.15, -0.1) is 0 Å². The van der Waals surface area contributed by atoms with Crippen LogP contribution in [0, 0.1) is 11.3 Å². The van der Waals surface area contributed by atoms with E-state index in [0.29, 0.717) is 0 Å². The van der Waals surface area contributed by atoms with Gasteiger partial charge in [-0.05, 0) is 24.6 Å². The molecule has 0 amide bonds. The van der Waals surface area contributed by atoms with Crippen molar-refractivity contribution in [3.8, 4) is 6.07 Å². The van der Waals surface area contributed by atoms with Crippen molar-refractivity contribution in [2.24, 2.45) is 0 Å². The van der Waals surface area contributed by atoms with Gasteiger partial charge in [0, 0.05) is 6.04 Å². The first-order valence-electron chi connectivity index (χ1n) is 6.21. The van der Waals surface area contributed by atoms with E-state index in [0.717, 1.165) is 17.7 Å². The summed E-state index contributed by atoms with van der Waals surface area (Å²) >= 11 is 0. The Balaban J connectivity index is 2.32. The quantitative estimate of drug-likeness (QED) is 0.924. The Morgan fingerprint density at radius 1 is 1.14 bits per heavy atom. The van der Waals surface area contributed by atoms with Crippen molar-refractivity contribution in [3.05, 3.63) is 59.3 Å². The van der Waals surface area contributed by atoms with E-state index in [1.165, 1.54) is 0 Å². The van der Waals surface area contributed by atoms with E-state index in [1.807, 2.05) is 36.4 Å². The van der Waals surface area contributed by atoms with Gasteiger partial charge in [-0.3, -0.25) is 0 Å². The van der Waals surface area contributed by atoms with E-state index >= 15 is 0 Å². The number of hydrogen-bond donors (Lipinski definition) is 1. The Kier molecular flexibility index (Phi) is 4.13. The molecule has 0 aliphatic carbocycles. The van der Waals surface area contributed by atoms with Gasteiger partial charge in [-0.2, -0.15) is 18.4 Å². The summed E-state index contributed by atoms with van der Waals surface area (Å²) in [5.41, 5.74) is -0.0596. The molecule has 0 spiro atoms. The van der Waals surface area contributed by atoms with Gasteiger partial charge in [0.2, 0.25) is 0 Å². The lowest BCUT2D eigenvalue weighted by Gasteiger charge is -2.17. The minimum absolute atomic E-state index is 0.0660. The van der Waals surface area contributed by atoms with Crippen LogP contribution in [0.25, 0.3) is 0 Å². The van der Waals surface area contributed by atoms with Gasteiger partial charge >= 0.3 is 6.18 Å². The molecule has 0 radical (unpaired) electrons. The maximum absolute atomic E-state index is 12.7. The number of anilines is 1. The number of halogens is 3. The molecule has 2 aromatic rings. The highest BCUT2D eigenvalue weighted by molar-refractivity contribution is 5.53. The molecule has 1 unspecified atom stereocenters. The second-order valence-corrected chi connectivity index (χ2v) is 4.48. The molecule has 1 aromatic carbocycles. The zero-order valence-corrected chi connectivity index (χ0v) is 11.1. The van der Waals surface area contributed by atoms with Crippen molar-refractivity contribution < 1.29 is 13.2 Å². The highest BCUT2D eigenvalue weighted by Gasteiger charge is 2.33. The largest absolute Gasteiger partial charge is 0.433 e. The van der Waals surface area contributed by atoms with Gasteiger partial charge in [0.15, 0.2) is 0 Å². The molecule has 2 rings (SSSR count). The van der Waals surface area contributed by atoms with Crippen LogP contribution in [-0.4, -0.2) is 4.98 Å². The molecule has 0 bridgehead atoms. The second kappa shape index (κ2) is 5.83. The van der Waals surface area contributed by atoms with Gasteiger partial charge in [-0.25, -0.2) is 4.98 Å². The van der Waals surface area contributed by atoms with Crippen molar-refractivity contribution in [1.29, 1.82) is 5.26 Å². The van der Waals surface area contributed by atoms with Gasteiger partial charge in [0.25, 0.3) is 0 Å². The van der Waals surface area contributed by atoms with Crippen LogP contribution >= 0.6 is 0 Å². The van der Waals surface area contributed by atoms with Crippen molar-refractivity contribution in [1.82, 2.24) is 4.98 Å². The van der Waals surface area contributed by atoms with Crippen molar-refractivity contribution >= 4 is 5.82 Å². The monoisotopic (exact) mass is 291 g/mol. The molecule has 0 fully saturated rings. The Labute approximate surface area is 120 Å². The van der Waals surface area contributed by atoms with Crippen LogP contribution in [0.2, 0.25) is 0 Å². The lowest BCUT2D eigenvalue weighted by molar-refractivity contribution is -0.141. The molecule has 1 heterocycles. The predicted octanol–water partition coefficient (Wildman–Crippen LogP) is 4.15. The van der Waals surface area contributed by atoms with Crippen LogP contribution in [0.1, 0.15) is 29.8 Å². The number of nitrogens with zero attached hydrogens (tertiary/aromatic N) is 2. The Morgan fingerprint density at radius 2 is 1.81 bits per heavy atom. The molecule has 21 heavy (non-hydrogen) atoms. The normalized spacial score (nSPS) is 12.5. The second-order valence-electron chi connectivity index (χ2n) is 4.48. The molecule has 0 aliphatic rings. The predicted molar refractivity (Wildman–Crippen MR) is 72.4 cm³/mol. The molecule has 0 aliphatic heterocycles. The van der Waals surface area contributed by atoms with Crippen molar-refractivity contribution in [3.63, 3.8) is 0 Å². The number of rotatable bonds is 3. The maximum Gasteiger partial charge on any atom is 0.433 e. The summed E-state index contributed by atoms with van der Waals surface area (Å²) < 4.78 is 38.1. The third kappa shape index (κ3) is 3.51. The molecular weight excluding hydrogens is 279 g/mol. The molecule has 0 saturated heterocycles. The summed E-state index contributed by atoms with van der Waals surface area (Å²) in [4.78, 5) is 3.52. The van der Waals surface area contributed by atoms with Crippen molar-refractivity contribution in [2.45, 2.75) is 19.1 Å². The minimum atomic E-state index is -4.54. The SMILES string of the molecule is CC(Nc1nc(C(F)(F)F)ccc1C#N)c1ccccc1. The number of benzene rings is 1. The van der Waals surface area contributed by atoms with Crippen LogP contribution < -0.4 is 5.32 Å². The van der Waals surface area contributed by atoms with Crippen LogP contribution in [0.3, 0.4) is 0 Å². The van der Waals surface area contributed by atoms with E-state index in [9.17, 15) is 13.2 Å². The fourth-order valence-corrected chi connectivity index (χ4v) is 1.85. The highest BCUT2D eigenvalue weighted by atomic mass is 19.4. The number of hydrogen-bond acceptors (Lipinski definition) is 3. The smallest absolute Gasteiger partial charge is 0.362 e. The molecule has 0 saturated carbocycles. The summed E-state index contributed by atoms with van der Waals surface area (Å²) in [6.07, 6.45) is -4.54. The fraction of sp³-hybridized carbons (Fsp3) is 0.200. The lowest BCUT2D eigenvalue weighted by Crippen LogP contribution is -2.13. The molecule has 1 N–H and O–H groups in total. The average molecular weight is 291 g/mol. The first-order chi connectivity index (χ1) is 9.91. The molecule has 1 aromatic heterocycles. The van der Waals surface area contributed by atoms with E-state index in [4.69, 9.17) is 5.26 Å². The van der Waals surface area contributed by atoms with E-state index in [1.54, 1.807) is 6.92 Å². The fourth-order valence-electron chi connectivity index (χ4n) is 1.85. The van der Waals surface area contributed by atoms with E-state index < -0.39 is 11.9 Å². The first-order valence-corrected chi connectivity index (χ1v) is 6.21. The van der Waals surface area contributed by atoms with Crippen LogP contribution in [0.5, 0.6) is 0 Å². The third-order valence-corrected chi connectivity index (χ3v) is 2.96. The Morgan fingerprint density at radius 3 is 2.38 bits per heavy atom. The van der Waals surface area contributed by atoms with E-state index in [-0.39, 0.29) is 17.4 Å². The van der Waals surface area contributed by atoms with E-state index in [2.05, 4.69) is 10.3 Å². The number of nitriles is 1. The summed E-state index contributed by atoms with van der Waals surface area (Å²) in [7, 11) is 0. The average Bonchev–Trinajstić information content (AvgIpc) is 2.47. The molecule has 1 atom stereocenters. The third-order valence-electron chi connectivity index (χ3n) is 2.96. The zero-order valence-electron chi connectivity index (χ0n) is 11.1. The number of nitrogens with one attached hydrogen (secondary N) is 1. The number of aromatic nitrogens is 1. The van der Waals surface area contributed by atoms with Gasteiger partial charge in [-0.1, -0.05) is 30.3 Å². The molecule has 6 heteroatoms. The first kappa shape index (κ1) is 14.9. The highest BCUT2D eigenvalue weighted by Crippen LogP contribution is 2.30. The number of pyridine rings is 1. The van der Waals surface area contributed by atoms with Crippen molar-refractivity contribution in [2.75, 3.05) is 5.32 Å². The summed E-state index contributed by atoms with van der Waals surface area (Å²) in [6.45, 7) is 1.79. The standard InChI is InChI=1S/C15H12F3N3/c1-10(11-5-3-2-4-6-11)20-14-12(9-19)7-8-13(21-14)15(16,17)18/h2-8,10H,1H3,(H,20,21). The van der Waals surface area contributed by atoms with Gasteiger partial charge in [0.05, 0.1) is 5.56 Å². The summed E-state index contributed by atoms with van der Waals surface area (Å²) in [5, 5.41) is 11.8. The summed E-state index contributed by atoms with van der Waals surface area (Å²) in [5.74, 6) is -0.0660. The van der Waals surface area contributed by atoms with Crippen LogP contribution in [0.15, 0.2) is 42.5 Å². The molecule has 3 nitrogen and oxygen atoms in total. The Hall–Kier alpha value is -2.55. The minimum Gasteiger partial charge on any atom is -0.362 e. The topological polar surface area (TPSA) is 48.7 Å². The lowest BCUT2D eigenvalue weighted by atomic mass is 10.1. The Bertz CT molecular complexity index is 660. The number of alkyl halides is 3. The molecule has 108 valence electrons. The van der Waals surface area contributed by atoms with Crippen LogP contribution in [0.4, 0.5) is 19.0 Å². The zero-order chi connectivity index (χ0) is 15.5. The van der Waals surface area contributed by atoms with Gasteiger partial charge < -0.3 is 5.32 Å². The summed E-state index contributed by atoms with van der Waals surface area (Å²) in [6, 6.07) is 12.7. The molecular formula is C15H12F3N3. The van der Waals surface area contributed by atoms with Gasteiger partial charge in [0.1, 0.15) is 17.6 Å². The maximum atomic E-state index is 12.7.